The zero-order valence-corrected chi connectivity index (χ0v) is 13.7. The molecule has 2 fully saturated rings. The summed E-state index contributed by atoms with van der Waals surface area (Å²) in [4.78, 5) is 12.5. The molecule has 120 valence electrons. The number of aryl methyl sites for hydroxylation is 1. The SMILES string of the molecule is Cc1cc(NC(=O)C2CC23CCNCC3)ccc1OC(C)C. The van der Waals surface area contributed by atoms with Crippen molar-refractivity contribution in [3.63, 3.8) is 0 Å². The van der Waals surface area contributed by atoms with Gasteiger partial charge in [-0.15, -0.1) is 0 Å². The molecule has 0 aromatic heterocycles. The molecule has 4 nitrogen and oxygen atoms in total. The van der Waals surface area contributed by atoms with Crippen molar-refractivity contribution in [3.05, 3.63) is 23.8 Å². The Morgan fingerprint density at radius 1 is 1.36 bits per heavy atom. The van der Waals surface area contributed by atoms with Crippen LogP contribution in [0.5, 0.6) is 5.75 Å². The van der Waals surface area contributed by atoms with Gasteiger partial charge in [0.1, 0.15) is 5.75 Å². The van der Waals surface area contributed by atoms with Crippen LogP contribution < -0.4 is 15.4 Å². The highest BCUT2D eigenvalue weighted by atomic mass is 16.5. The van der Waals surface area contributed by atoms with E-state index in [1.807, 2.05) is 39.0 Å². The summed E-state index contributed by atoms with van der Waals surface area (Å²) < 4.78 is 5.74. The molecule has 1 aliphatic carbocycles. The lowest BCUT2D eigenvalue weighted by molar-refractivity contribution is -0.118. The summed E-state index contributed by atoms with van der Waals surface area (Å²) in [6.07, 6.45) is 3.47. The van der Waals surface area contributed by atoms with Crippen LogP contribution in [0.1, 0.15) is 38.7 Å². The lowest BCUT2D eigenvalue weighted by Gasteiger charge is -2.23. The molecule has 0 radical (unpaired) electrons. The van der Waals surface area contributed by atoms with Gasteiger partial charge in [-0.05, 0) is 82.3 Å². The number of carbonyl (C=O) groups excluding carboxylic acids is 1. The van der Waals surface area contributed by atoms with Gasteiger partial charge in [-0.1, -0.05) is 0 Å². The molecule has 1 aromatic carbocycles. The average Bonchev–Trinajstić information content (AvgIpc) is 3.16. The van der Waals surface area contributed by atoms with Gasteiger partial charge in [0.05, 0.1) is 6.10 Å². The highest BCUT2D eigenvalue weighted by Crippen LogP contribution is 2.58. The molecule has 3 rings (SSSR count). The van der Waals surface area contributed by atoms with Crippen molar-refractivity contribution >= 4 is 11.6 Å². The summed E-state index contributed by atoms with van der Waals surface area (Å²) in [6, 6.07) is 5.87. The Morgan fingerprint density at radius 3 is 2.73 bits per heavy atom. The van der Waals surface area contributed by atoms with E-state index in [1.165, 1.54) is 0 Å². The van der Waals surface area contributed by atoms with E-state index in [9.17, 15) is 4.79 Å². The van der Waals surface area contributed by atoms with Crippen molar-refractivity contribution in [3.8, 4) is 5.75 Å². The average molecular weight is 302 g/mol. The molecule has 1 unspecified atom stereocenters. The second kappa shape index (κ2) is 5.92. The molecule has 1 aromatic rings. The number of piperidine rings is 1. The number of benzene rings is 1. The van der Waals surface area contributed by atoms with Crippen LogP contribution >= 0.6 is 0 Å². The van der Waals surface area contributed by atoms with Crippen molar-refractivity contribution in [1.29, 1.82) is 0 Å². The third kappa shape index (κ3) is 3.12. The quantitative estimate of drug-likeness (QED) is 0.898. The predicted molar refractivity (Wildman–Crippen MR) is 88.2 cm³/mol. The van der Waals surface area contributed by atoms with Gasteiger partial charge in [-0.3, -0.25) is 4.79 Å². The Balaban J connectivity index is 1.61. The molecule has 0 bridgehead atoms. The summed E-state index contributed by atoms with van der Waals surface area (Å²) in [7, 11) is 0. The monoisotopic (exact) mass is 302 g/mol. The third-order valence-electron chi connectivity index (χ3n) is 4.91. The molecule has 1 saturated heterocycles. The number of nitrogens with one attached hydrogen (secondary N) is 2. The van der Waals surface area contributed by atoms with E-state index in [1.54, 1.807) is 0 Å². The van der Waals surface area contributed by atoms with Gasteiger partial charge in [-0.2, -0.15) is 0 Å². The summed E-state index contributed by atoms with van der Waals surface area (Å²) in [5, 5.41) is 6.46. The number of rotatable bonds is 4. The van der Waals surface area contributed by atoms with Crippen molar-refractivity contribution < 1.29 is 9.53 Å². The third-order valence-corrected chi connectivity index (χ3v) is 4.91. The predicted octanol–water partition coefficient (Wildman–Crippen LogP) is 3.11. The molecular formula is C18H26N2O2. The summed E-state index contributed by atoms with van der Waals surface area (Å²) >= 11 is 0. The number of amides is 1. The largest absolute Gasteiger partial charge is 0.491 e. The first-order valence-electron chi connectivity index (χ1n) is 8.29. The fraction of sp³-hybridized carbons (Fsp3) is 0.611. The molecule has 22 heavy (non-hydrogen) atoms. The molecule has 2 aliphatic rings. The normalized spacial score (nSPS) is 22.6. The fourth-order valence-electron chi connectivity index (χ4n) is 3.54. The molecule has 4 heteroatoms. The van der Waals surface area contributed by atoms with Gasteiger partial charge in [0.15, 0.2) is 0 Å². The Labute approximate surface area is 132 Å². The van der Waals surface area contributed by atoms with Gasteiger partial charge in [0, 0.05) is 11.6 Å². The highest BCUT2D eigenvalue weighted by Gasteiger charge is 2.57. The van der Waals surface area contributed by atoms with Crippen LogP contribution in [0.25, 0.3) is 0 Å². The van der Waals surface area contributed by atoms with Crippen LogP contribution in [0.3, 0.4) is 0 Å². The van der Waals surface area contributed by atoms with Crippen LogP contribution in [-0.4, -0.2) is 25.1 Å². The van der Waals surface area contributed by atoms with Crippen molar-refractivity contribution in [1.82, 2.24) is 5.32 Å². The van der Waals surface area contributed by atoms with Crippen LogP contribution in [0.2, 0.25) is 0 Å². The van der Waals surface area contributed by atoms with Crippen LogP contribution in [0.15, 0.2) is 18.2 Å². The molecule has 1 aliphatic heterocycles. The lowest BCUT2D eigenvalue weighted by Crippen LogP contribution is -2.31. The first-order valence-corrected chi connectivity index (χ1v) is 8.29. The molecule has 2 N–H and O–H groups in total. The fourth-order valence-corrected chi connectivity index (χ4v) is 3.54. The van der Waals surface area contributed by atoms with Gasteiger partial charge in [0.2, 0.25) is 5.91 Å². The molecule has 1 amide bonds. The Bertz CT molecular complexity index is 562. The van der Waals surface area contributed by atoms with E-state index in [-0.39, 0.29) is 23.3 Å². The highest BCUT2D eigenvalue weighted by molar-refractivity contribution is 5.95. The second-order valence-electron chi connectivity index (χ2n) is 7.01. The number of ether oxygens (including phenoxy) is 1. The maximum atomic E-state index is 12.5. The van der Waals surface area contributed by atoms with Gasteiger partial charge < -0.3 is 15.4 Å². The van der Waals surface area contributed by atoms with E-state index in [2.05, 4.69) is 10.6 Å². The van der Waals surface area contributed by atoms with Crippen molar-refractivity contribution in [2.75, 3.05) is 18.4 Å². The summed E-state index contributed by atoms with van der Waals surface area (Å²) in [5.41, 5.74) is 2.21. The van der Waals surface area contributed by atoms with E-state index in [0.29, 0.717) is 0 Å². The van der Waals surface area contributed by atoms with E-state index in [4.69, 9.17) is 4.74 Å². The number of hydrogen-bond acceptors (Lipinski definition) is 3. The number of hydrogen-bond donors (Lipinski definition) is 2. The van der Waals surface area contributed by atoms with Crippen molar-refractivity contribution in [2.24, 2.45) is 11.3 Å². The lowest BCUT2D eigenvalue weighted by atomic mass is 9.92. The first kappa shape index (κ1) is 15.3. The topological polar surface area (TPSA) is 50.4 Å². The molecule has 1 saturated carbocycles. The maximum absolute atomic E-state index is 12.5. The molecule has 1 spiro atoms. The Hall–Kier alpha value is -1.55. The molecule has 1 atom stereocenters. The number of anilines is 1. The zero-order valence-electron chi connectivity index (χ0n) is 13.7. The standard InChI is InChI=1S/C18H26N2O2/c1-12(2)22-16-5-4-14(10-13(16)3)20-17(21)15-11-18(15)6-8-19-9-7-18/h4-5,10,12,15,19H,6-9,11H2,1-3H3,(H,20,21). The van der Waals surface area contributed by atoms with E-state index < -0.39 is 0 Å². The molecule has 1 heterocycles. The van der Waals surface area contributed by atoms with Gasteiger partial charge >= 0.3 is 0 Å². The van der Waals surface area contributed by atoms with E-state index >= 15 is 0 Å². The second-order valence-corrected chi connectivity index (χ2v) is 7.01. The van der Waals surface area contributed by atoms with Crippen LogP contribution in [0, 0.1) is 18.3 Å². The Kier molecular flexibility index (Phi) is 4.13. The zero-order chi connectivity index (χ0) is 15.7. The minimum atomic E-state index is 0.158. The Morgan fingerprint density at radius 2 is 2.09 bits per heavy atom. The van der Waals surface area contributed by atoms with Gasteiger partial charge in [0.25, 0.3) is 0 Å². The van der Waals surface area contributed by atoms with Crippen LogP contribution in [-0.2, 0) is 4.79 Å². The van der Waals surface area contributed by atoms with Gasteiger partial charge in [-0.25, -0.2) is 0 Å². The number of carbonyl (C=O) groups is 1. The summed E-state index contributed by atoms with van der Waals surface area (Å²) in [5.74, 6) is 1.26. The smallest absolute Gasteiger partial charge is 0.228 e. The minimum absolute atomic E-state index is 0.158. The minimum Gasteiger partial charge on any atom is -0.491 e. The van der Waals surface area contributed by atoms with Crippen molar-refractivity contribution in [2.45, 2.75) is 46.1 Å². The van der Waals surface area contributed by atoms with E-state index in [0.717, 1.165) is 49.4 Å². The maximum Gasteiger partial charge on any atom is 0.228 e. The molecular weight excluding hydrogens is 276 g/mol. The summed E-state index contributed by atoms with van der Waals surface area (Å²) in [6.45, 7) is 8.13. The first-order chi connectivity index (χ1) is 10.5. The van der Waals surface area contributed by atoms with Crippen LogP contribution in [0.4, 0.5) is 5.69 Å².